The fourth-order valence-electron chi connectivity index (χ4n) is 2.88. The molecular formula is C19H24N4O. The number of aryl methyl sites for hydroxylation is 1. The molecule has 0 spiro atoms. The number of anilines is 1. The van der Waals surface area contributed by atoms with Gasteiger partial charge in [-0.15, -0.1) is 0 Å². The summed E-state index contributed by atoms with van der Waals surface area (Å²) in [5, 5.41) is 2.96. The van der Waals surface area contributed by atoms with Gasteiger partial charge in [-0.25, -0.2) is 9.97 Å². The van der Waals surface area contributed by atoms with Crippen LogP contribution in [0.25, 0.3) is 0 Å². The Labute approximate surface area is 143 Å². The van der Waals surface area contributed by atoms with Crippen molar-refractivity contribution in [2.24, 2.45) is 0 Å². The summed E-state index contributed by atoms with van der Waals surface area (Å²) in [4.78, 5) is 23.6. The van der Waals surface area contributed by atoms with Crippen molar-refractivity contribution in [3.05, 3.63) is 52.8 Å². The second kappa shape index (κ2) is 6.23. The van der Waals surface area contributed by atoms with E-state index in [2.05, 4.69) is 44.5 Å². The van der Waals surface area contributed by atoms with Crippen LogP contribution in [0, 0.1) is 6.92 Å². The summed E-state index contributed by atoms with van der Waals surface area (Å²) in [7, 11) is 0. The van der Waals surface area contributed by atoms with Crippen molar-refractivity contribution in [1.82, 2.24) is 15.3 Å². The highest BCUT2D eigenvalue weighted by molar-refractivity contribution is 5.93. The number of carbonyl (C=O) groups is 1. The molecule has 0 bridgehead atoms. The summed E-state index contributed by atoms with van der Waals surface area (Å²) < 4.78 is 0. The fourth-order valence-corrected chi connectivity index (χ4v) is 2.88. The summed E-state index contributed by atoms with van der Waals surface area (Å²) in [6, 6.07) is 10.2. The molecular weight excluding hydrogens is 300 g/mol. The Kier molecular flexibility index (Phi) is 4.26. The van der Waals surface area contributed by atoms with E-state index in [9.17, 15) is 4.79 Å². The second-order valence-corrected chi connectivity index (χ2v) is 7.34. The van der Waals surface area contributed by atoms with Crippen LogP contribution in [0.15, 0.2) is 30.3 Å². The van der Waals surface area contributed by atoms with Crippen LogP contribution in [0.4, 0.5) is 5.95 Å². The van der Waals surface area contributed by atoms with Gasteiger partial charge in [0, 0.05) is 24.3 Å². The van der Waals surface area contributed by atoms with Crippen LogP contribution in [0.5, 0.6) is 0 Å². The van der Waals surface area contributed by atoms with Gasteiger partial charge in [-0.1, -0.05) is 24.3 Å². The van der Waals surface area contributed by atoms with Crippen molar-refractivity contribution in [1.29, 1.82) is 0 Å². The molecule has 1 N–H and O–H groups in total. The summed E-state index contributed by atoms with van der Waals surface area (Å²) >= 11 is 0. The summed E-state index contributed by atoms with van der Waals surface area (Å²) in [6.45, 7) is 9.42. The van der Waals surface area contributed by atoms with Gasteiger partial charge in [0.1, 0.15) is 5.69 Å². The van der Waals surface area contributed by atoms with Crippen LogP contribution < -0.4 is 10.2 Å². The number of hydrogen-bond acceptors (Lipinski definition) is 4. The molecule has 1 aliphatic rings. The van der Waals surface area contributed by atoms with Crippen molar-refractivity contribution in [2.75, 3.05) is 11.4 Å². The summed E-state index contributed by atoms with van der Waals surface area (Å²) in [5.74, 6) is 0.468. The maximum Gasteiger partial charge on any atom is 0.270 e. The van der Waals surface area contributed by atoms with Gasteiger partial charge < -0.3 is 10.2 Å². The number of aromatic nitrogens is 2. The number of nitrogens with one attached hydrogen (secondary N) is 1. The van der Waals surface area contributed by atoms with E-state index in [4.69, 9.17) is 0 Å². The van der Waals surface area contributed by atoms with Crippen LogP contribution in [0.1, 0.15) is 48.1 Å². The van der Waals surface area contributed by atoms with Crippen LogP contribution in [-0.4, -0.2) is 28.0 Å². The maximum atomic E-state index is 12.4. The number of hydrogen-bond donors (Lipinski definition) is 1. The van der Waals surface area contributed by atoms with Gasteiger partial charge in [0.15, 0.2) is 0 Å². The zero-order valence-corrected chi connectivity index (χ0v) is 14.8. The molecule has 126 valence electrons. The molecule has 0 unspecified atom stereocenters. The van der Waals surface area contributed by atoms with E-state index >= 15 is 0 Å². The van der Waals surface area contributed by atoms with Gasteiger partial charge in [0.25, 0.3) is 5.91 Å². The molecule has 0 fully saturated rings. The average Bonchev–Trinajstić information content (AvgIpc) is 2.52. The minimum Gasteiger partial charge on any atom is -0.346 e. The molecule has 5 nitrogen and oxygen atoms in total. The Bertz CT molecular complexity index is 764. The van der Waals surface area contributed by atoms with Crippen LogP contribution in [-0.2, 0) is 13.0 Å². The van der Waals surface area contributed by atoms with Gasteiger partial charge in [-0.05, 0) is 51.3 Å². The normalized spacial score (nSPS) is 14.2. The molecule has 0 atom stereocenters. The van der Waals surface area contributed by atoms with E-state index in [1.807, 2.05) is 27.7 Å². The third kappa shape index (κ3) is 3.72. The molecule has 2 aromatic rings. The molecule has 1 aliphatic heterocycles. The fraction of sp³-hybridized carbons (Fsp3) is 0.421. The van der Waals surface area contributed by atoms with Gasteiger partial charge in [0.05, 0.1) is 0 Å². The molecule has 2 heterocycles. The predicted octanol–water partition coefficient (Wildman–Crippen LogP) is 2.88. The standard InChI is InChI=1S/C19H24N4O/c1-13-11-16(17(24)22-19(2,3)4)21-18(20-13)23-10-9-14-7-5-6-8-15(14)12-23/h5-8,11H,9-10,12H2,1-4H3,(H,22,24). The van der Waals surface area contributed by atoms with E-state index in [1.54, 1.807) is 6.07 Å². The number of fused-ring (bicyclic) bond motifs is 1. The van der Waals surface area contributed by atoms with E-state index in [0.29, 0.717) is 11.6 Å². The number of carbonyl (C=O) groups excluding carboxylic acids is 1. The van der Waals surface area contributed by atoms with Crippen LogP contribution in [0.2, 0.25) is 0 Å². The van der Waals surface area contributed by atoms with Crippen LogP contribution in [0.3, 0.4) is 0 Å². The molecule has 1 aromatic carbocycles. The zero-order valence-electron chi connectivity index (χ0n) is 14.8. The van der Waals surface area contributed by atoms with E-state index in [-0.39, 0.29) is 11.4 Å². The zero-order chi connectivity index (χ0) is 17.3. The highest BCUT2D eigenvalue weighted by atomic mass is 16.2. The molecule has 0 saturated carbocycles. The Morgan fingerprint density at radius 2 is 1.88 bits per heavy atom. The van der Waals surface area contributed by atoms with E-state index in [0.717, 1.165) is 25.2 Å². The third-order valence-corrected chi connectivity index (χ3v) is 3.98. The highest BCUT2D eigenvalue weighted by Crippen LogP contribution is 2.22. The molecule has 3 rings (SSSR count). The molecule has 24 heavy (non-hydrogen) atoms. The predicted molar refractivity (Wildman–Crippen MR) is 95.2 cm³/mol. The van der Waals surface area contributed by atoms with Crippen molar-refractivity contribution < 1.29 is 4.79 Å². The average molecular weight is 324 g/mol. The lowest BCUT2D eigenvalue weighted by molar-refractivity contribution is 0.0914. The first-order valence-corrected chi connectivity index (χ1v) is 8.32. The minimum absolute atomic E-state index is 0.161. The smallest absolute Gasteiger partial charge is 0.270 e. The summed E-state index contributed by atoms with van der Waals surface area (Å²) in [5.41, 5.74) is 3.62. The van der Waals surface area contributed by atoms with Gasteiger partial charge >= 0.3 is 0 Å². The molecule has 5 heteroatoms. The lowest BCUT2D eigenvalue weighted by atomic mass is 10.0. The van der Waals surface area contributed by atoms with Crippen molar-refractivity contribution in [2.45, 2.75) is 46.2 Å². The Balaban J connectivity index is 1.86. The molecule has 1 aromatic heterocycles. The quantitative estimate of drug-likeness (QED) is 0.923. The Morgan fingerprint density at radius 1 is 1.17 bits per heavy atom. The largest absolute Gasteiger partial charge is 0.346 e. The van der Waals surface area contributed by atoms with E-state index in [1.165, 1.54) is 11.1 Å². The Morgan fingerprint density at radius 3 is 2.58 bits per heavy atom. The molecule has 0 saturated heterocycles. The first-order chi connectivity index (χ1) is 11.3. The number of benzene rings is 1. The summed E-state index contributed by atoms with van der Waals surface area (Å²) in [6.07, 6.45) is 0.969. The number of amides is 1. The monoisotopic (exact) mass is 324 g/mol. The lowest BCUT2D eigenvalue weighted by Crippen LogP contribution is -2.41. The first-order valence-electron chi connectivity index (χ1n) is 8.32. The maximum absolute atomic E-state index is 12.4. The molecule has 0 aliphatic carbocycles. The van der Waals surface area contributed by atoms with Gasteiger partial charge in [0.2, 0.25) is 5.95 Å². The topological polar surface area (TPSA) is 58.1 Å². The van der Waals surface area contributed by atoms with Gasteiger partial charge in [-0.2, -0.15) is 0 Å². The number of nitrogens with zero attached hydrogens (tertiary/aromatic N) is 3. The second-order valence-electron chi connectivity index (χ2n) is 7.34. The third-order valence-electron chi connectivity index (χ3n) is 3.98. The van der Waals surface area contributed by atoms with E-state index < -0.39 is 0 Å². The first kappa shape index (κ1) is 16.4. The van der Waals surface area contributed by atoms with Crippen molar-refractivity contribution in [3.63, 3.8) is 0 Å². The molecule has 1 amide bonds. The molecule has 0 radical (unpaired) electrons. The Hall–Kier alpha value is -2.43. The minimum atomic E-state index is -0.292. The highest BCUT2D eigenvalue weighted by Gasteiger charge is 2.21. The van der Waals surface area contributed by atoms with Crippen molar-refractivity contribution >= 4 is 11.9 Å². The lowest BCUT2D eigenvalue weighted by Gasteiger charge is -2.29. The SMILES string of the molecule is Cc1cc(C(=O)NC(C)(C)C)nc(N2CCc3ccccc3C2)n1. The van der Waals surface area contributed by atoms with Crippen LogP contribution >= 0.6 is 0 Å². The van der Waals surface area contributed by atoms with Gasteiger partial charge in [-0.3, -0.25) is 4.79 Å². The number of rotatable bonds is 2. The van der Waals surface area contributed by atoms with Crippen molar-refractivity contribution in [3.8, 4) is 0 Å².